The zero-order valence-corrected chi connectivity index (χ0v) is 12.5. The van der Waals surface area contributed by atoms with Crippen molar-refractivity contribution in [1.29, 1.82) is 0 Å². The Hall–Kier alpha value is -1.11. The van der Waals surface area contributed by atoms with E-state index in [4.69, 9.17) is 0 Å². The van der Waals surface area contributed by atoms with E-state index in [0.717, 1.165) is 0 Å². The second-order valence-electron chi connectivity index (χ2n) is 5.03. The normalized spacial score (nSPS) is 25.1. The van der Waals surface area contributed by atoms with Crippen LogP contribution < -0.4 is 5.32 Å². The number of nitrogens with one attached hydrogen (secondary N) is 1. The summed E-state index contributed by atoms with van der Waals surface area (Å²) in [4.78, 5) is 25.1. The highest BCUT2D eigenvalue weighted by atomic mass is 32.2. The average Bonchev–Trinajstić information content (AvgIpc) is 2.35. The topological polar surface area (TPSA) is 83.6 Å². The van der Waals surface area contributed by atoms with Gasteiger partial charge in [-0.2, -0.15) is 0 Å². The first-order valence-electron chi connectivity index (χ1n) is 6.57. The fourth-order valence-electron chi connectivity index (χ4n) is 2.19. The van der Waals surface area contributed by atoms with Gasteiger partial charge in [0.2, 0.25) is 11.8 Å². The fraction of sp³-hybridized carbons (Fsp3) is 0.833. The Morgan fingerprint density at radius 1 is 1.26 bits per heavy atom. The van der Waals surface area contributed by atoms with Gasteiger partial charge < -0.3 is 10.2 Å². The molecule has 2 unspecified atom stereocenters. The molecule has 110 valence electrons. The summed E-state index contributed by atoms with van der Waals surface area (Å²) in [5.41, 5.74) is 0. The Balaban J connectivity index is 2.74. The van der Waals surface area contributed by atoms with Crippen molar-refractivity contribution in [2.24, 2.45) is 0 Å². The number of hydrogen-bond donors (Lipinski definition) is 1. The van der Waals surface area contributed by atoms with Crippen LogP contribution >= 0.6 is 0 Å². The van der Waals surface area contributed by atoms with Crippen molar-refractivity contribution in [3.05, 3.63) is 0 Å². The van der Waals surface area contributed by atoms with Gasteiger partial charge in [-0.25, -0.2) is 8.42 Å². The van der Waals surface area contributed by atoms with Gasteiger partial charge in [0, 0.05) is 24.8 Å². The molecule has 1 N–H and O–H groups in total. The number of hydrogen-bond acceptors (Lipinski definition) is 4. The maximum Gasteiger partial charge on any atom is 0.245 e. The quantitative estimate of drug-likeness (QED) is 0.768. The molecule has 1 saturated heterocycles. The molecule has 0 aliphatic carbocycles. The second kappa shape index (κ2) is 6.36. The molecule has 1 aliphatic rings. The fourth-order valence-corrected chi connectivity index (χ4v) is 3.49. The summed E-state index contributed by atoms with van der Waals surface area (Å²) in [5, 5.41) is 2.59. The van der Waals surface area contributed by atoms with Gasteiger partial charge >= 0.3 is 0 Å². The van der Waals surface area contributed by atoms with Gasteiger partial charge in [0.25, 0.3) is 0 Å². The Morgan fingerprint density at radius 2 is 1.89 bits per heavy atom. The van der Waals surface area contributed by atoms with Crippen LogP contribution in [0.2, 0.25) is 0 Å². The van der Waals surface area contributed by atoms with Crippen LogP contribution in [-0.2, 0) is 19.4 Å². The number of amides is 2. The monoisotopic (exact) mass is 290 g/mol. The molecule has 1 fully saturated rings. The maximum atomic E-state index is 12.1. The third kappa shape index (κ3) is 4.49. The Morgan fingerprint density at radius 3 is 2.47 bits per heavy atom. The highest BCUT2D eigenvalue weighted by Crippen LogP contribution is 2.11. The molecular formula is C12H22N2O4S. The zero-order valence-electron chi connectivity index (χ0n) is 11.7. The van der Waals surface area contributed by atoms with Crippen LogP contribution in [0, 0.1) is 0 Å². The molecule has 0 spiro atoms. The van der Waals surface area contributed by atoms with Gasteiger partial charge in [0.1, 0.15) is 6.04 Å². The smallest absolute Gasteiger partial charge is 0.245 e. The number of rotatable bonds is 5. The number of carbonyl (C=O) groups excluding carboxylic acids is 2. The predicted molar refractivity (Wildman–Crippen MR) is 72.3 cm³/mol. The van der Waals surface area contributed by atoms with E-state index in [1.165, 1.54) is 4.90 Å². The van der Waals surface area contributed by atoms with Crippen LogP contribution in [-0.4, -0.2) is 55.3 Å². The molecule has 0 bridgehead atoms. The molecule has 7 heteroatoms. The molecule has 19 heavy (non-hydrogen) atoms. The third-order valence-corrected chi connectivity index (χ3v) is 5.04. The molecule has 2 amide bonds. The minimum Gasteiger partial charge on any atom is -0.345 e. The number of nitrogens with zero attached hydrogens (tertiary/aromatic N) is 1. The van der Waals surface area contributed by atoms with Crippen LogP contribution in [0.4, 0.5) is 0 Å². The lowest BCUT2D eigenvalue weighted by atomic mass is 10.2. The maximum absolute atomic E-state index is 12.1. The molecule has 0 aromatic heterocycles. The van der Waals surface area contributed by atoms with E-state index in [-0.39, 0.29) is 42.3 Å². The first-order chi connectivity index (χ1) is 8.76. The lowest BCUT2D eigenvalue weighted by Gasteiger charge is -2.27. The first kappa shape index (κ1) is 15.9. The van der Waals surface area contributed by atoms with E-state index in [0.29, 0.717) is 6.42 Å². The average molecular weight is 290 g/mol. The zero-order chi connectivity index (χ0) is 14.6. The molecule has 0 saturated carbocycles. The van der Waals surface area contributed by atoms with Gasteiger partial charge in [-0.05, 0) is 20.3 Å². The van der Waals surface area contributed by atoms with E-state index in [1.54, 1.807) is 13.8 Å². The predicted octanol–water partition coefficient (Wildman–Crippen LogP) is -0.0633. The van der Waals surface area contributed by atoms with Crippen LogP contribution in [0.1, 0.15) is 33.6 Å². The highest BCUT2D eigenvalue weighted by molar-refractivity contribution is 7.91. The lowest BCUT2D eigenvalue weighted by Crippen LogP contribution is -2.46. The Bertz CT molecular complexity index is 447. The van der Waals surface area contributed by atoms with E-state index in [1.807, 2.05) is 6.92 Å². The summed E-state index contributed by atoms with van der Waals surface area (Å²) in [6.45, 7) is 5.34. The molecule has 0 radical (unpaired) electrons. The Labute approximate surface area is 114 Å². The summed E-state index contributed by atoms with van der Waals surface area (Å²) in [7, 11) is -3.12. The summed E-state index contributed by atoms with van der Waals surface area (Å²) >= 11 is 0. The molecule has 0 aromatic carbocycles. The molecular weight excluding hydrogens is 268 g/mol. The van der Waals surface area contributed by atoms with Crippen molar-refractivity contribution in [3.8, 4) is 0 Å². The van der Waals surface area contributed by atoms with E-state index in [9.17, 15) is 18.0 Å². The molecule has 1 aliphatic heterocycles. The molecule has 2 atom stereocenters. The van der Waals surface area contributed by atoms with Gasteiger partial charge in [-0.3, -0.25) is 9.59 Å². The molecule has 1 heterocycles. The van der Waals surface area contributed by atoms with Crippen molar-refractivity contribution in [2.45, 2.75) is 45.7 Å². The second-order valence-corrected chi connectivity index (χ2v) is 7.33. The van der Waals surface area contributed by atoms with E-state index in [2.05, 4.69) is 5.32 Å². The lowest BCUT2D eigenvalue weighted by molar-refractivity contribution is -0.134. The number of carbonyl (C=O) groups is 2. The van der Waals surface area contributed by atoms with Crippen molar-refractivity contribution < 1.29 is 18.0 Å². The summed E-state index contributed by atoms with van der Waals surface area (Å²) < 4.78 is 23.4. The minimum atomic E-state index is -3.12. The first-order valence-corrected chi connectivity index (χ1v) is 8.39. The summed E-state index contributed by atoms with van der Waals surface area (Å²) in [5.74, 6) is -0.300. The van der Waals surface area contributed by atoms with Gasteiger partial charge in [0.15, 0.2) is 9.84 Å². The van der Waals surface area contributed by atoms with Crippen LogP contribution in [0.5, 0.6) is 0 Å². The third-order valence-electron chi connectivity index (χ3n) is 3.20. The Kier molecular flexibility index (Phi) is 5.34. The van der Waals surface area contributed by atoms with E-state index >= 15 is 0 Å². The molecule has 6 nitrogen and oxygen atoms in total. The van der Waals surface area contributed by atoms with Crippen molar-refractivity contribution in [2.75, 3.05) is 18.1 Å². The molecule has 0 aromatic rings. The SMILES string of the molecule is CCCS(=O)(=O)CCN1C(=O)C(C)NC(=O)CC1C. The summed E-state index contributed by atoms with van der Waals surface area (Å²) in [6, 6.07) is -0.861. The number of sulfone groups is 1. The van der Waals surface area contributed by atoms with Crippen LogP contribution in [0.3, 0.4) is 0 Å². The van der Waals surface area contributed by atoms with Crippen molar-refractivity contribution >= 4 is 21.7 Å². The van der Waals surface area contributed by atoms with E-state index < -0.39 is 15.9 Å². The van der Waals surface area contributed by atoms with Gasteiger partial charge in [-0.15, -0.1) is 0 Å². The van der Waals surface area contributed by atoms with Gasteiger partial charge in [-0.1, -0.05) is 6.92 Å². The summed E-state index contributed by atoms with van der Waals surface area (Å²) in [6.07, 6.45) is 0.784. The largest absolute Gasteiger partial charge is 0.345 e. The van der Waals surface area contributed by atoms with Crippen LogP contribution in [0.15, 0.2) is 0 Å². The molecule has 1 rings (SSSR count). The van der Waals surface area contributed by atoms with Crippen molar-refractivity contribution in [1.82, 2.24) is 10.2 Å². The van der Waals surface area contributed by atoms with Crippen molar-refractivity contribution in [3.63, 3.8) is 0 Å². The minimum absolute atomic E-state index is 0.0438. The van der Waals surface area contributed by atoms with Gasteiger partial charge in [0.05, 0.1) is 5.75 Å². The highest BCUT2D eigenvalue weighted by Gasteiger charge is 2.31. The van der Waals surface area contributed by atoms with Crippen LogP contribution in [0.25, 0.3) is 0 Å². The standard InChI is InChI=1S/C12H22N2O4S/c1-4-6-19(17,18)7-5-14-9(2)8-11(15)13-10(3)12(14)16/h9-10H,4-8H2,1-3H3,(H,13,15).